The van der Waals surface area contributed by atoms with E-state index < -0.39 is 0 Å². The molecule has 3 aromatic rings. The van der Waals surface area contributed by atoms with Crippen LogP contribution in [0.2, 0.25) is 0 Å². The van der Waals surface area contributed by atoms with Gasteiger partial charge < -0.3 is 24.3 Å². The summed E-state index contributed by atoms with van der Waals surface area (Å²) in [6, 6.07) is 20.1. The standard InChI is InChI=1S/C25H28BrNO4.ClH/c1-28-22-10-9-18(13-23(22)29-2)11-12-27-16-20-14-21(26)15-24(30-3)25(20)31-17-19-7-5-4-6-8-19;/h4-10,13-15,27H,11-12,16-17H2,1-3H3;1H. The van der Waals surface area contributed by atoms with Crippen LogP contribution in [0.1, 0.15) is 16.7 Å². The van der Waals surface area contributed by atoms with E-state index in [1.807, 2.05) is 48.5 Å². The normalized spacial score (nSPS) is 10.2. The van der Waals surface area contributed by atoms with Gasteiger partial charge in [-0.05, 0) is 48.4 Å². The van der Waals surface area contributed by atoms with Crippen molar-refractivity contribution < 1.29 is 18.9 Å². The Labute approximate surface area is 204 Å². The number of rotatable bonds is 11. The quantitative estimate of drug-likeness (QED) is 0.322. The second-order valence-corrected chi connectivity index (χ2v) is 7.90. The van der Waals surface area contributed by atoms with Crippen LogP contribution in [-0.4, -0.2) is 27.9 Å². The molecule has 0 aliphatic carbocycles. The molecule has 0 atom stereocenters. The van der Waals surface area contributed by atoms with Crippen LogP contribution in [0.3, 0.4) is 0 Å². The lowest BCUT2D eigenvalue weighted by molar-refractivity contribution is 0.280. The topological polar surface area (TPSA) is 49.0 Å². The van der Waals surface area contributed by atoms with E-state index in [0.717, 1.165) is 45.8 Å². The van der Waals surface area contributed by atoms with Gasteiger partial charge in [-0.1, -0.05) is 52.3 Å². The van der Waals surface area contributed by atoms with Crippen LogP contribution in [0, 0.1) is 0 Å². The Morgan fingerprint density at radius 1 is 0.781 bits per heavy atom. The van der Waals surface area contributed by atoms with E-state index in [9.17, 15) is 0 Å². The molecule has 0 saturated carbocycles. The van der Waals surface area contributed by atoms with Gasteiger partial charge in [0.25, 0.3) is 0 Å². The fourth-order valence-corrected chi connectivity index (χ4v) is 3.78. The van der Waals surface area contributed by atoms with Crippen LogP contribution < -0.4 is 24.3 Å². The molecule has 0 saturated heterocycles. The van der Waals surface area contributed by atoms with Gasteiger partial charge in [0.1, 0.15) is 6.61 Å². The molecular formula is C25H29BrClNO4. The number of ether oxygens (including phenoxy) is 4. The Morgan fingerprint density at radius 2 is 1.50 bits per heavy atom. The largest absolute Gasteiger partial charge is 0.493 e. The summed E-state index contributed by atoms with van der Waals surface area (Å²) in [5, 5.41) is 3.50. The fraction of sp³-hybridized carbons (Fsp3) is 0.280. The zero-order valence-corrected chi connectivity index (χ0v) is 20.9. The van der Waals surface area contributed by atoms with Crippen molar-refractivity contribution in [3.05, 3.63) is 81.8 Å². The SMILES string of the molecule is COc1ccc(CCNCc2cc(Br)cc(OC)c2OCc2ccccc2)cc1OC.Cl. The molecule has 1 N–H and O–H groups in total. The third-order valence-electron chi connectivity index (χ3n) is 4.90. The first kappa shape index (κ1) is 25.8. The third kappa shape index (κ3) is 7.05. The van der Waals surface area contributed by atoms with E-state index in [2.05, 4.69) is 33.4 Å². The second kappa shape index (κ2) is 13.2. The Bertz CT molecular complexity index is 985. The summed E-state index contributed by atoms with van der Waals surface area (Å²) in [5.74, 6) is 2.95. The first-order valence-electron chi connectivity index (χ1n) is 10.1. The Hall–Kier alpha value is -2.41. The minimum absolute atomic E-state index is 0. The lowest BCUT2D eigenvalue weighted by Gasteiger charge is -2.17. The van der Waals surface area contributed by atoms with Gasteiger partial charge in [0.05, 0.1) is 21.3 Å². The molecule has 0 aliphatic heterocycles. The molecule has 5 nitrogen and oxygen atoms in total. The summed E-state index contributed by atoms with van der Waals surface area (Å²) in [4.78, 5) is 0. The summed E-state index contributed by atoms with van der Waals surface area (Å²) < 4.78 is 23.4. The van der Waals surface area contributed by atoms with Gasteiger partial charge in [-0.2, -0.15) is 0 Å². The molecule has 7 heteroatoms. The summed E-state index contributed by atoms with van der Waals surface area (Å²) in [7, 11) is 4.95. The van der Waals surface area contributed by atoms with Crippen LogP contribution in [0.4, 0.5) is 0 Å². The zero-order valence-electron chi connectivity index (χ0n) is 18.5. The minimum atomic E-state index is 0. The predicted octanol–water partition coefficient (Wildman–Crippen LogP) is 5.81. The molecular weight excluding hydrogens is 494 g/mol. The molecule has 0 radical (unpaired) electrons. The van der Waals surface area contributed by atoms with Crippen LogP contribution in [0.5, 0.6) is 23.0 Å². The highest BCUT2D eigenvalue weighted by Gasteiger charge is 2.13. The van der Waals surface area contributed by atoms with E-state index in [1.54, 1.807) is 21.3 Å². The van der Waals surface area contributed by atoms with Gasteiger partial charge in [0.15, 0.2) is 23.0 Å². The van der Waals surface area contributed by atoms with Gasteiger partial charge in [-0.25, -0.2) is 0 Å². The number of benzene rings is 3. The van der Waals surface area contributed by atoms with Crippen molar-refractivity contribution in [2.75, 3.05) is 27.9 Å². The maximum atomic E-state index is 6.16. The number of halogens is 2. The average molecular weight is 523 g/mol. The Balaban J connectivity index is 0.00000363. The molecule has 0 aliphatic rings. The van der Waals surface area contributed by atoms with Crippen LogP contribution in [0.15, 0.2) is 65.1 Å². The Kier molecular flexibility index (Phi) is 10.7. The number of hydrogen-bond donors (Lipinski definition) is 1. The van der Waals surface area contributed by atoms with Crippen molar-refractivity contribution in [1.29, 1.82) is 0 Å². The molecule has 0 unspecified atom stereocenters. The van der Waals surface area contributed by atoms with E-state index >= 15 is 0 Å². The van der Waals surface area contributed by atoms with Gasteiger partial charge >= 0.3 is 0 Å². The second-order valence-electron chi connectivity index (χ2n) is 6.99. The van der Waals surface area contributed by atoms with E-state index in [0.29, 0.717) is 18.9 Å². The monoisotopic (exact) mass is 521 g/mol. The molecule has 0 aromatic heterocycles. The molecule has 0 amide bonds. The average Bonchev–Trinajstić information content (AvgIpc) is 2.81. The predicted molar refractivity (Wildman–Crippen MR) is 134 cm³/mol. The number of hydrogen-bond acceptors (Lipinski definition) is 5. The molecule has 0 heterocycles. The summed E-state index contributed by atoms with van der Waals surface area (Å²) in [6.07, 6.45) is 0.867. The molecule has 3 rings (SSSR count). The lowest BCUT2D eigenvalue weighted by Crippen LogP contribution is -2.17. The van der Waals surface area contributed by atoms with Crippen molar-refractivity contribution in [2.24, 2.45) is 0 Å². The highest BCUT2D eigenvalue weighted by Crippen LogP contribution is 2.35. The maximum absolute atomic E-state index is 6.16. The third-order valence-corrected chi connectivity index (χ3v) is 5.35. The Morgan fingerprint density at radius 3 is 2.19 bits per heavy atom. The molecule has 172 valence electrons. The van der Waals surface area contributed by atoms with Gasteiger partial charge in [-0.3, -0.25) is 0 Å². The van der Waals surface area contributed by atoms with Gasteiger partial charge in [-0.15, -0.1) is 12.4 Å². The zero-order chi connectivity index (χ0) is 22.1. The summed E-state index contributed by atoms with van der Waals surface area (Å²) in [6.45, 7) is 1.95. The van der Waals surface area contributed by atoms with E-state index in [1.165, 1.54) is 5.56 Å². The van der Waals surface area contributed by atoms with Crippen LogP contribution >= 0.6 is 28.3 Å². The smallest absolute Gasteiger partial charge is 0.166 e. The van der Waals surface area contributed by atoms with Crippen molar-refractivity contribution >= 4 is 28.3 Å². The van der Waals surface area contributed by atoms with Crippen molar-refractivity contribution in [3.63, 3.8) is 0 Å². The molecule has 0 spiro atoms. The fourth-order valence-electron chi connectivity index (χ4n) is 3.29. The van der Waals surface area contributed by atoms with Gasteiger partial charge in [0.2, 0.25) is 0 Å². The first-order chi connectivity index (χ1) is 15.1. The van der Waals surface area contributed by atoms with E-state index in [-0.39, 0.29) is 12.4 Å². The highest BCUT2D eigenvalue weighted by atomic mass is 79.9. The molecule has 0 fully saturated rings. The first-order valence-corrected chi connectivity index (χ1v) is 10.9. The van der Waals surface area contributed by atoms with Gasteiger partial charge in [0, 0.05) is 16.6 Å². The van der Waals surface area contributed by atoms with Crippen molar-refractivity contribution in [1.82, 2.24) is 5.32 Å². The minimum Gasteiger partial charge on any atom is -0.493 e. The molecule has 32 heavy (non-hydrogen) atoms. The van der Waals surface area contributed by atoms with E-state index in [4.69, 9.17) is 18.9 Å². The molecule has 3 aromatic carbocycles. The van der Waals surface area contributed by atoms with Crippen LogP contribution in [-0.2, 0) is 19.6 Å². The summed E-state index contributed by atoms with van der Waals surface area (Å²) >= 11 is 3.57. The lowest BCUT2D eigenvalue weighted by atomic mass is 10.1. The highest BCUT2D eigenvalue weighted by molar-refractivity contribution is 9.10. The van der Waals surface area contributed by atoms with Crippen LogP contribution in [0.25, 0.3) is 0 Å². The molecule has 0 bridgehead atoms. The van der Waals surface area contributed by atoms with Crippen molar-refractivity contribution in [3.8, 4) is 23.0 Å². The maximum Gasteiger partial charge on any atom is 0.166 e. The number of nitrogens with one attached hydrogen (secondary N) is 1. The van der Waals surface area contributed by atoms with Crippen molar-refractivity contribution in [2.45, 2.75) is 19.6 Å². The summed E-state index contributed by atoms with van der Waals surface area (Å²) in [5.41, 5.74) is 3.33. The number of methoxy groups -OCH3 is 3.